The lowest BCUT2D eigenvalue weighted by atomic mass is 10.3. The van der Waals surface area contributed by atoms with E-state index in [1.54, 1.807) is 0 Å². The monoisotopic (exact) mass is 137 g/mol. The van der Waals surface area contributed by atoms with Gasteiger partial charge in [0, 0.05) is 13.1 Å². The lowest BCUT2D eigenvalue weighted by Crippen LogP contribution is -2.21. The summed E-state index contributed by atoms with van der Waals surface area (Å²) in [7, 11) is 0. The molecule has 0 bridgehead atoms. The summed E-state index contributed by atoms with van der Waals surface area (Å²) in [5.74, 6) is 0. The fourth-order valence-electron chi connectivity index (χ4n) is 1.27. The average Bonchev–Trinajstić information content (AvgIpc) is 2.37. The van der Waals surface area contributed by atoms with Gasteiger partial charge >= 0.3 is 0 Å². The molecule has 0 unspecified atom stereocenters. The van der Waals surface area contributed by atoms with Gasteiger partial charge in [0.25, 0.3) is 0 Å². The van der Waals surface area contributed by atoms with Crippen LogP contribution < -0.4 is 0 Å². The van der Waals surface area contributed by atoms with Crippen molar-refractivity contribution >= 4 is 0 Å². The fraction of sp³-hybridized carbons (Fsp3) is 0.556. The number of hydrogen-bond donors (Lipinski definition) is 0. The van der Waals surface area contributed by atoms with Crippen molar-refractivity contribution in [3.8, 4) is 0 Å². The molecule has 0 N–H and O–H groups in total. The molecule has 0 atom stereocenters. The van der Waals surface area contributed by atoms with E-state index in [0.717, 1.165) is 13.1 Å². The van der Waals surface area contributed by atoms with Gasteiger partial charge in [0.1, 0.15) is 0 Å². The van der Waals surface area contributed by atoms with Gasteiger partial charge in [-0.2, -0.15) is 0 Å². The van der Waals surface area contributed by atoms with Gasteiger partial charge in [-0.05, 0) is 18.5 Å². The molecule has 1 rings (SSSR count). The van der Waals surface area contributed by atoms with Gasteiger partial charge < -0.3 is 0 Å². The Kier molecular flexibility index (Phi) is 2.69. The Bertz CT molecular complexity index is 147. The van der Waals surface area contributed by atoms with Crippen molar-refractivity contribution in [3.63, 3.8) is 0 Å². The zero-order chi connectivity index (χ0) is 7.40. The molecular formula is C9H15N. The van der Waals surface area contributed by atoms with Gasteiger partial charge in [-0.1, -0.05) is 25.7 Å². The molecule has 0 fully saturated rings. The summed E-state index contributed by atoms with van der Waals surface area (Å²) in [5, 5.41) is 0. The molecule has 1 heterocycles. The maximum absolute atomic E-state index is 3.74. The molecule has 0 aromatic carbocycles. The Balaban J connectivity index is 2.29. The van der Waals surface area contributed by atoms with Gasteiger partial charge in [0.05, 0.1) is 0 Å². The van der Waals surface area contributed by atoms with Crippen LogP contribution in [0.3, 0.4) is 0 Å². The molecule has 0 spiro atoms. The van der Waals surface area contributed by atoms with Crippen LogP contribution in [0.15, 0.2) is 24.3 Å². The van der Waals surface area contributed by atoms with Crippen LogP contribution in [0, 0.1) is 0 Å². The molecule has 1 nitrogen and oxygen atoms in total. The summed E-state index contributed by atoms with van der Waals surface area (Å²) in [5.41, 5.74) is 1.38. The predicted octanol–water partition coefficient (Wildman–Crippen LogP) is 1.82. The SMILES string of the molecule is C=CC1=CCN(CCC)C1. The zero-order valence-electron chi connectivity index (χ0n) is 6.64. The largest absolute Gasteiger partial charge is 0.295 e. The van der Waals surface area contributed by atoms with Gasteiger partial charge in [-0.25, -0.2) is 0 Å². The highest BCUT2D eigenvalue weighted by atomic mass is 15.1. The van der Waals surface area contributed by atoms with Crippen LogP contribution in [0.2, 0.25) is 0 Å². The molecule has 0 amide bonds. The molecule has 0 saturated carbocycles. The molecule has 0 aliphatic carbocycles. The van der Waals surface area contributed by atoms with Crippen LogP contribution in [-0.4, -0.2) is 24.5 Å². The van der Waals surface area contributed by atoms with Crippen molar-refractivity contribution in [3.05, 3.63) is 24.3 Å². The first-order valence-electron chi connectivity index (χ1n) is 3.90. The van der Waals surface area contributed by atoms with Crippen molar-refractivity contribution in [2.75, 3.05) is 19.6 Å². The Hall–Kier alpha value is -0.560. The van der Waals surface area contributed by atoms with E-state index in [1.807, 2.05) is 6.08 Å². The summed E-state index contributed by atoms with van der Waals surface area (Å²) >= 11 is 0. The summed E-state index contributed by atoms with van der Waals surface area (Å²) in [6.45, 7) is 9.40. The number of hydrogen-bond acceptors (Lipinski definition) is 1. The van der Waals surface area contributed by atoms with Crippen LogP contribution in [0.4, 0.5) is 0 Å². The summed E-state index contributed by atoms with van der Waals surface area (Å²) in [6, 6.07) is 0. The highest BCUT2D eigenvalue weighted by Gasteiger charge is 2.09. The van der Waals surface area contributed by atoms with Crippen molar-refractivity contribution in [2.45, 2.75) is 13.3 Å². The summed E-state index contributed by atoms with van der Waals surface area (Å²) in [4.78, 5) is 2.43. The molecule has 0 aromatic rings. The van der Waals surface area contributed by atoms with E-state index in [9.17, 15) is 0 Å². The fourth-order valence-corrected chi connectivity index (χ4v) is 1.27. The molecule has 1 heteroatoms. The van der Waals surface area contributed by atoms with Crippen molar-refractivity contribution in [1.29, 1.82) is 0 Å². The van der Waals surface area contributed by atoms with Gasteiger partial charge in [0.15, 0.2) is 0 Å². The lowest BCUT2D eigenvalue weighted by Gasteiger charge is -2.12. The Morgan fingerprint density at radius 3 is 3.10 bits per heavy atom. The molecular weight excluding hydrogens is 122 g/mol. The van der Waals surface area contributed by atoms with Crippen molar-refractivity contribution in [2.24, 2.45) is 0 Å². The molecule has 1 aliphatic heterocycles. The average molecular weight is 137 g/mol. The highest BCUT2D eigenvalue weighted by molar-refractivity contribution is 5.22. The Morgan fingerprint density at radius 1 is 1.80 bits per heavy atom. The molecule has 10 heavy (non-hydrogen) atoms. The van der Waals surface area contributed by atoms with Gasteiger partial charge in [-0.3, -0.25) is 4.90 Å². The van der Waals surface area contributed by atoms with E-state index in [1.165, 1.54) is 18.5 Å². The quantitative estimate of drug-likeness (QED) is 0.573. The van der Waals surface area contributed by atoms with Gasteiger partial charge in [0.2, 0.25) is 0 Å². The predicted molar refractivity (Wildman–Crippen MR) is 45.0 cm³/mol. The van der Waals surface area contributed by atoms with Crippen LogP contribution in [0.5, 0.6) is 0 Å². The smallest absolute Gasteiger partial charge is 0.0234 e. The van der Waals surface area contributed by atoms with E-state index in [-0.39, 0.29) is 0 Å². The van der Waals surface area contributed by atoms with E-state index >= 15 is 0 Å². The summed E-state index contributed by atoms with van der Waals surface area (Å²) < 4.78 is 0. The zero-order valence-corrected chi connectivity index (χ0v) is 6.64. The topological polar surface area (TPSA) is 3.24 Å². The first-order valence-corrected chi connectivity index (χ1v) is 3.90. The minimum Gasteiger partial charge on any atom is -0.295 e. The first kappa shape index (κ1) is 7.55. The standard InChI is InChI=1S/C9H15N/c1-3-6-10-7-5-9(4-2)8-10/h4-5H,2-3,6-8H2,1H3. The molecule has 56 valence electrons. The molecule has 0 saturated heterocycles. The van der Waals surface area contributed by atoms with Crippen molar-refractivity contribution < 1.29 is 0 Å². The maximum atomic E-state index is 3.74. The van der Waals surface area contributed by atoms with E-state index in [2.05, 4.69) is 24.5 Å². The maximum Gasteiger partial charge on any atom is 0.0234 e. The Morgan fingerprint density at radius 2 is 2.60 bits per heavy atom. The van der Waals surface area contributed by atoms with E-state index < -0.39 is 0 Å². The first-order chi connectivity index (χ1) is 4.86. The van der Waals surface area contributed by atoms with Gasteiger partial charge in [-0.15, -0.1) is 0 Å². The third kappa shape index (κ3) is 1.71. The normalized spacial score (nSPS) is 19.1. The third-order valence-electron chi connectivity index (χ3n) is 1.82. The van der Waals surface area contributed by atoms with Crippen LogP contribution in [-0.2, 0) is 0 Å². The molecule has 1 aliphatic rings. The second kappa shape index (κ2) is 3.57. The lowest BCUT2D eigenvalue weighted by molar-refractivity contribution is 0.350. The highest BCUT2D eigenvalue weighted by Crippen LogP contribution is 2.08. The second-order valence-electron chi connectivity index (χ2n) is 2.72. The summed E-state index contributed by atoms with van der Waals surface area (Å²) in [6.07, 6.45) is 5.45. The van der Waals surface area contributed by atoms with E-state index in [0.29, 0.717) is 0 Å². The Labute approximate surface area is 63.0 Å². The number of nitrogens with zero attached hydrogens (tertiary/aromatic N) is 1. The number of rotatable bonds is 3. The third-order valence-corrected chi connectivity index (χ3v) is 1.82. The van der Waals surface area contributed by atoms with E-state index in [4.69, 9.17) is 0 Å². The molecule has 0 aromatic heterocycles. The van der Waals surface area contributed by atoms with Crippen LogP contribution >= 0.6 is 0 Å². The second-order valence-corrected chi connectivity index (χ2v) is 2.72. The minimum absolute atomic E-state index is 1.11. The van der Waals surface area contributed by atoms with Crippen LogP contribution in [0.25, 0.3) is 0 Å². The minimum atomic E-state index is 1.11. The van der Waals surface area contributed by atoms with Crippen molar-refractivity contribution in [1.82, 2.24) is 4.90 Å². The van der Waals surface area contributed by atoms with Crippen LogP contribution in [0.1, 0.15) is 13.3 Å². The molecule has 0 radical (unpaired) electrons.